The molecule has 0 aliphatic heterocycles. The zero-order valence-electron chi connectivity index (χ0n) is 11.2. The van der Waals surface area contributed by atoms with Gasteiger partial charge in [0, 0.05) is 13.0 Å². The van der Waals surface area contributed by atoms with E-state index in [2.05, 4.69) is 15.6 Å². The van der Waals surface area contributed by atoms with Gasteiger partial charge in [0.25, 0.3) is 5.56 Å². The average Bonchev–Trinajstić information content (AvgIpc) is 2.46. The Morgan fingerprint density at radius 3 is 2.76 bits per heavy atom. The molecule has 8 nitrogen and oxygen atoms in total. The van der Waals surface area contributed by atoms with Gasteiger partial charge in [-0.2, -0.15) is 0 Å². The van der Waals surface area contributed by atoms with E-state index in [0.717, 1.165) is 4.68 Å². The van der Waals surface area contributed by atoms with Crippen molar-refractivity contribution in [3.05, 3.63) is 34.6 Å². The Hall–Kier alpha value is -2.77. The number of hydrogen-bond acceptors (Lipinski definition) is 5. The van der Waals surface area contributed by atoms with E-state index >= 15 is 0 Å². The summed E-state index contributed by atoms with van der Waals surface area (Å²) in [7, 11) is 0. The second-order valence-corrected chi connectivity index (χ2v) is 4.38. The molecule has 2 rings (SSSR count). The van der Waals surface area contributed by atoms with Crippen LogP contribution in [0.15, 0.2) is 29.1 Å². The molecular weight excluding hydrogens is 276 g/mol. The highest BCUT2D eigenvalue weighted by Crippen LogP contribution is 2.03. The molecule has 1 heterocycles. The fourth-order valence-corrected chi connectivity index (χ4v) is 1.77. The molecule has 0 saturated heterocycles. The lowest BCUT2D eigenvalue weighted by Crippen LogP contribution is -2.30. The SMILES string of the molecule is O=C(O)CCNC(=O)CCn1nnc2ccccc2c1=O. The molecule has 1 amide bonds. The molecule has 8 heteroatoms. The number of carboxylic acids is 1. The second-order valence-electron chi connectivity index (χ2n) is 4.38. The topological polar surface area (TPSA) is 114 Å². The highest BCUT2D eigenvalue weighted by molar-refractivity contribution is 5.77. The van der Waals surface area contributed by atoms with Crippen molar-refractivity contribution in [1.82, 2.24) is 20.3 Å². The summed E-state index contributed by atoms with van der Waals surface area (Å²) in [5.41, 5.74) is 0.198. The summed E-state index contributed by atoms with van der Waals surface area (Å²) >= 11 is 0. The van der Waals surface area contributed by atoms with Gasteiger partial charge in [-0.25, -0.2) is 4.68 Å². The summed E-state index contributed by atoms with van der Waals surface area (Å²) in [6.07, 6.45) is -0.103. The van der Waals surface area contributed by atoms with E-state index in [9.17, 15) is 14.4 Å². The number of hydrogen-bond donors (Lipinski definition) is 2. The van der Waals surface area contributed by atoms with Crippen molar-refractivity contribution < 1.29 is 14.7 Å². The first kappa shape index (κ1) is 14.6. The quantitative estimate of drug-likeness (QED) is 0.759. The van der Waals surface area contributed by atoms with Gasteiger partial charge in [-0.05, 0) is 12.1 Å². The van der Waals surface area contributed by atoms with Gasteiger partial charge in [0.15, 0.2) is 0 Å². The third-order valence-electron chi connectivity index (χ3n) is 2.84. The van der Waals surface area contributed by atoms with Crippen LogP contribution >= 0.6 is 0 Å². The summed E-state index contributed by atoms with van der Waals surface area (Å²) in [4.78, 5) is 33.9. The van der Waals surface area contributed by atoms with E-state index in [1.807, 2.05) is 0 Å². The van der Waals surface area contributed by atoms with E-state index in [-0.39, 0.29) is 37.4 Å². The fraction of sp³-hybridized carbons (Fsp3) is 0.308. The van der Waals surface area contributed by atoms with Crippen molar-refractivity contribution >= 4 is 22.8 Å². The van der Waals surface area contributed by atoms with Crippen LogP contribution in [0.1, 0.15) is 12.8 Å². The number of nitrogens with one attached hydrogen (secondary N) is 1. The number of carbonyl (C=O) groups excluding carboxylic acids is 1. The molecule has 0 radical (unpaired) electrons. The van der Waals surface area contributed by atoms with Gasteiger partial charge < -0.3 is 10.4 Å². The third-order valence-corrected chi connectivity index (χ3v) is 2.84. The summed E-state index contributed by atoms with van der Waals surface area (Å²) in [5.74, 6) is -1.31. The Labute approximate surface area is 119 Å². The minimum Gasteiger partial charge on any atom is -0.481 e. The molecule has 21 heavy (non-hydrogen) atoms. The molecular formula is C13H14N4O4. The average molecular weight is 290 g/mol. The maximum atomic E-state index is 12.1. The van der Waals surface area contributed by atoms with Crippen LogP contribution in [0.3, 0.4) is 0 Å². The number of amides is 1. The van der Waals surface area contributed by atoms with Crippen LogP contribution in [0.2, 0.25) is 0 Å². The van der Waals surface area contributed by atoms with Gasteiger partial charge in [0.2, 0.25) is 5.91 Å². The zero-order chi connectivity index (χ0) is 15.2. The maximum Gasteiger partial charge on any atom is 0.305 e. The number of carboxylic acid groups (broad SMARTS) is 1. The van der Waals surface area contributed by atoms with E-state index in [0.29, 0.717) is 10.9 Å². The fourth-order valence-electron chi connectivity index (χ4n) is 1.77. The summed E-state index contributed by atoms with van der Waals surface area (Å²) in [6, 6.07) is 6.83. The molecule has 2 N–H and O–H groups in total. The molecule has 0 spiro atoms. The predicted molar refractivity (Wildman–Crippen MR) is 73.7 cm³/mol. The van der Waals surface area contributed by atoms with E-state index in [4.69, 9.17) is 5.11 Å². The largest absolute Gasteiger partial charge is 0.481 e. The summed E-state index contributed by atoms with van der Waals surface area (Å²) in [5, 5.41) is 19.0. The smallest absolute Gasteiger partial charge is 0.305 e. The van der Waals surface area contributed by atoms with Crippen molar-refractivity contribution in [1.29, 1.82) is 0 Å². The van der Waals surface area contributed by atoms with Crippen LogP contribution in [0.25, 0.3) is 10.9 Å². The van der Waals surface area contributed by atoms with Gasteiger partial charge in [-0.1, -0.05) is 17.3 Å². The lowest BCUT2D eigenvalue weighted by atomic mass is 10.2. The third kappa shape index (κ3) is 3.85. The van der Waals surface area contributed by atoms with Gasteiger partial charge in [-0.3, -0.25) is 14.4 Å². The lowest BCUT2D eigenvalue weighted by Gasteiger charge is -2.05. The van der Waals surface area contributed by atoms with Gasteiger partial charge in [0.05, 0.1) is 18.4 Å². The van der Waals surface area contributed by atoms with Crippen molar-refractivity contribution in [2.75, 3.05) is 6.54 Å². The Morgan fingerprint density at radius 1 is 1.24 bits per heavy atom. The number of aliphatic carboxylic acids is 1. The predicted octanol–water partition coefficient (Wildman–Crippen LogP) is -0.228. The molecule has 0 aliphatic carbocycles. The van der Waals surface area contributed by atoms with Crippen molar-refractivity contribution in [2.24, 2.45) is 0 Å². The molecule has 0 unspecified atom stereocenters. The number of aromatic nitrogens is 3. The number of benzene rings is 1. The minimum atomic E-state index is -0.980. The molecule has 0 saturated carbocycles. The summed E-state index contributed by atoms with van der Waals surface area (Å²) in [6.45, 7) is 0.155. The lowest BCUT2D eigenvalue weighted by molar-refractivity contribution is -0.136. The number of nitrogens with zero attached hydrogens (tertiary/aromatic N) is 3. The molecule has 0 atom stereocenters. The van der Waals surface area contributed by atoms with Crippen molar-refractivity contribution in [2.45, 2.75) is 19.4 Å². The first-order chi connectivity index (χ1) is 10.1. The molecule has 0 fully saturated rings. The Bertz CT molecular complexity index is 725. The highest BCUT2D eigenvalue weighted by atomic mass is 16.4. The normalized spacial score (nSPS) is 10.5. The van der Waals surface area contributed by atoms with E-state index < -0.39 is 5.97 Å². The van der Waals surface area contributed by atoms with E-state index in [1.165, 1.54) is 0 Å². The Balaban J connectivity index is 1.97. The monoisotopic (exact) mass is 290 g/mol. The van der Waals surface area contributed by atoms with Crippen molar-refractivity contribution in [3.63, 3.8) is 0 Å². The van der Waals surface area contributed by atoms with Crippen LogP contribution in [-0.2, 0) is 16.1 Å². The van der Waals surface area contributed by atoms with Crippen LogP contribution in [-0.4, -0.2) is 38.5 Å². The molecule has 110 valence electrons. The van der Waals surface area contributed by atoms with Crippen molar-refractivity contribution in [3.8, 4) is 0 Å². The first-order valence-electron chi connectivity index (χ1n) is 6.39. The summed E-state index contributed by atoms with van der Waals surface area (Å²) < 4.78 is 1.12. The molecule has 2 aromatic rings. The second kappa shape index (κ2) is 6.60. The molecule has 0 bridgehead atoms. The number of fused-ring (bicyclic) bond motifs is 1. The maximum absolute atomic E-state index is 12.1. The number of carbonyl (C=O) groups is 2. The van der Waals surface area contributed by atoms with Crippen LogP contribution < -0.4 is 10.9 Å². The van der Waals surface area contributed by atoms with Gasteiger partial charge in [-0.15, -0.1) is 5.10 Å². The standard InChI is InChI=1S/C13H14N4O4/c18-11(14-7-5-12(19)20)6-8-17-13(21)9-3-1-2-4-10(9)15-16-17/h1-4H,5-8H2,(H,14,18)(H,19,20). The number of aryl methyl sites for hydroxylation is 1. The van der Waals surface area contributed by atoms with E-state index in [1.54, 1.807) is 24.3 Å². The van der Waals surface area contributed by atoms with Crippen LogP contribution in [0.4, 0.5) is 0 Å². The van der Waals surface area contributed by atoms with Gasteiger partial charge in [0.1, 0.15) is 5.52 Å². The highest BCUT2D eigenvalue weighted by Gasteiger charge is 2.07. The minimum absolute atomic E-state index is 0.0343. The Morgan fingerprint density at radius 2 is 2.00 bits per heavy atom. The van der Waals surface area contributed by atoms with Crippen LogP contribution in [0, 0.1) is 0 Å². The molecule has 1 aromatic carbocycles. The Kier molecular flexibility index (Phi) is 4.60. The first-order valence-corrected chi connectivity index (χ1v) is 6.39. The molecule has 0 aliphatic rings. The molecule has 1 aromatic heterocycles. The van der Waals surface area contributed by atoms with Gasteiger partial charge >= 0.3 is 5.97 Å². The number of rotatable bonds is 6. The zero-order valence-corrected chi connectivity index (χ0v) is 11.2. The van der Waals surface area contributed by atoms with Crippen LogP contribution in [0.5, 0.6) is 0 Å².